The Morgan fingerprint density at radius 2 is 2.00 bits per heavy atom. The van der Waals surface area contributed by atoms with Crippen LogP contribution in [0.25, 0.3) is 4.96 Å². The number of hydrogen-bond acceptors (Lipinski definition) is 8. The van der Waals surface area contributed by atoms with Crippen LogP contribution < -0.4 is 5.56 Å². The largest absolute Gasteiger partial charge is 0.361 e. The lowest BCUT2D eigenvalue weighted by molar-refractivity contribution is 0.392. The molecule has 122 valence electrons. The SMILES string of the molecule is Cc1noc(C)c1CSc1nn2c(=O)c(C(C)(C)C)nnc2s1. The molecule has 3 aromatic heterocycles. The van der Waals surface area contributed by atoms with Gasteiger partial charge in [-0.2, -0.15) is 4.52 Å². The molecule has 0 unspecified atom stereocenters. The molecule has 7 nitrogen and oxygen atoms in total. The van der Waals surface area contributed by atoms with Crippen molar-refractivity contribution in [2.24, 2.45) is 0 Å². The molecule has 0 amide bonds. The standard InChI is InChI=1S/C14H17N5O2S2/c1-7-9(8(2)21-18-7)6-22-13-17-19-11(20)10(14(3,4)5)15-16-12(19)23-13/h6H2,1-5H3. The third-order valence-corrected chi connectivity index (χ3v) is 5.46. The molecule has 0 atom stereocenters. The Bertz CT molecular complexity index is 900. The zero-order chi connectivity index (χ0) is 16.8. The molecule has 0 radical (unpaired) electrons. The summed E-state index contributed by atoms with van der Waals surface area (Å²) in [5.41, 5.74) is 1.79. The smallest absolute Gasteiger partial charge is 0.297 e. The van der Waals surface area contributed by atoms with Crippen LogP contribution in [0.4, 0.5) is 0 Å². The predicted octanol–water partition coefficient (Wildman–Crippen LogP) is 2.74. The fourth-order valence-electron chi connectivity index (χ4n) is 2.07. The molecule has 3 heterocycles. The summed E-state index contributed by atoms with van der Waals surface area (Å²) >= 11 is 2.89. The summed E-state index contributed by atoms with van der Waals surface area (Å²) in [6.07, 6.45) is 0. The molecule has 0 aliphatic rings. The van der Waals surface area contributed by atoms with Crippen LogP contribution >= 0.6 is 23.1 Å². The van der Waals surface area contributed by atoms with Gasteiger partial charge in [-0.15, -0.1) is 15.3 Å². The number of hydrogen-bond donors (Lipinski definition) is 0. The fourth-order valence-corrected chi connectivity index (χ4v) is 4.09. The van der Waals surface area contributed by atoms with Crippen molar-refractivity contribution < 1.29 is 4.52 Å². The quantitative estimate of drug-likeness (QED) is 0.671. The molecule has 3 rings (SSSR count). The first kappa shape index (κ1) is 16.1. The van der Waals surface area contributed by atoms with E-state index in [0.717, 1.165) is 21.4 Å². The Hall–Kier alpha value is -1.74. The van der Waals surface area contributed by atoms with E-state index >= 15 is 0 Å². The number of aryl methyl sites for hydroxylation is 2. The summed E-state index contributed by atoms with van der Waals surface area (Å²) in [4.78, 5) is 13.0. The predicted molar refractivity (Wildman–Crippen MR) is 89.2 cm³/mol. The minimum Gasteiger partial charge on any atom is -0.361 e. The summed E-state index contributed by atoms with van der Waals surface area (Å²) in [5.74, 6) is 1.50. The van der Waals surface area contributed by atoms with Crippen LogP contribution in [0.5, 0.6) is 0 Å². The minimum atomic E-state index is -0.362. The summed E-state index contributed by atoms with van der Waals surface area (Å²) in [6, 6.07) is 0. The number of rotatable bonds is 3. The molecule has 0 aliphatic carbocycles. The average Bonchev–Trinajstić information content (AvgIpc) is 3.00. The fraction of sp³-hybridized carbons (Fsp3) is 0.500. The van der Waals surface area contributed by atoms with Crippen molar-refractivity contribution in [3.05, 3.63) is 33.1 Å². The topological polar surface area (TPSA) is 86.2 Å². The Morgan fingerprint density at radius 1 is 1.26 bits per heavy atom. The van der Waals surface area contributed by atoms with Gasteiger partial charge in [-0.1, -0.05) is 49.0 Å². The lowest BCUT2D eigenvalue weighted by Crippen LogP contribution is -2.30. The van der Waals surface area contributed by atoms with Gasteiger partial charge in [0.05, 0.1) is 5.69 Å². The first-order valence-electron chi connectivity index (χ1n) is 7.09. The van der Waals surface area contributed by atoms with Crippen molar-refractivity contribution >= 4 is 28.1 Å². The van der Waals surface area contributed by atoms with Gasteiger partial charge in [-0.25, -0.2) is 0 Å². The molecule has 0 N–H and O–H groups in total. The molecule has 9 heteroatoms. The monoisotopic (exact) mass is 351 g/mol. The highest BCUT2D eigenvalue weighted by Gasteiger charge is 2.23. The number of fused-ring (bicyclic) bond motifs is 1. The molecule has 0 aromatic carbocycles. The van der Waals surface area contributed by atoms with Gasteiger partial charge in [0, 0.05) is 16.7 Å². The van der Waals surface area contributed by atoms with E-state index in [1.165, 1.54) is 27.6 Å². The molecule has 3 aromatic rings. The van der Waals surface area contributed by atoms with Crippen molar-refractivity contribution in [2.75, 3.05) is 0 Å². The van der Waals surface area contributed by atoms with Gasteiger partial charge in [0.1, 0.15) is 11.5 Å². The molecule has 0 spiro atoms. The van der Waals surface area contributed by atoms with Gasteiger partial charge in [0.25, 0.3) is 5.56 Å². The van der Waals surface area contributed by atoms with Crippen molar-refractivity contribution in [1.82, 2.24) is 25.0 Å². The Balaban J connectivity index is 1.92. The van der Waals surface area contributed by atoms with E-state index in [4.69, 9.17) is 4.52 Å². The van der Waals surface area contributed by atoms with Crippen LogP contribution in [0.1, 0.15) is 43.5 Å². The molecule has 0 saturated carbocycles. The lowest BCUT2D eigenvalue weighted by atomic mass is 9.93. The molecular formula is C14H17N5O2S2. The Labute approximate surface area is 141 Å². The maximum absolute atomic E-state index is 12.5. The van der Waals surface area contributed by atoms with Crippen molar-refractivity contribution in [3.8, 4) is 0 Å². The Morgan fingerprint density at radius 3 is 2.61 bits per heavy atom. The second-order valence-corrected chi connectivity index (χ2v) is 8.44. The summed E-state index contributed by atoms with van der Waals surface area (Å²) < 4.78 is 7.26. The van der Waals surface area contributed by atoms with E-state index in [2.05, 4.69) is 20.5 Å². The normalized spacial score (nSPS) is 12.2. The van der Waals surface area contributed by atoms with Crippen molar-refractivity contribution in [3.63, 3.8) is 0 Å². The van der Waals surface area contributed by atoms with Gasteiger partial charge in [0.2, 0.25) is 4.96 Å². The first-order valence-corrected chi connectivity index (χ1v) is 8.89. The molecule has 23 heavy (non-hydrogen) atoms. The molecule has 0 saturated heterocycles. The second-order valence-electron chi connectivity index (χ2n) is 6.26. The van der Waals surface area contributed by atoms with E-state index in [0.29, 0.717) is 16.4 Å². The van der Waals surface area contributed by atoms with Gasteiger partial charge in [0.15, 0.2) is 4.34 Å². The molecular weight excluding hydrogens is 334 g/mol. The average molecular weight is 351 g/mol. The maximum Gasteiger partial charge on any atom is 0.297 e. The summed E-state index contributed by atoms with van der Waals surface area (Å²) in [7, 11) is 0. The zero-order valence-corrected chi connectivity index (χ0v) is 15.2. The highest BCUT2D eigenvalue weighted by atomic mass is 32.2. The summed E-state index contributed by atoms with van der Waals surface area (Å²) in [5, 5.41) is 16.5. The second kappa shape index (κ2) is 5.72. The van der Waals surface area contributed by atoms with E-state index in [-0.39, 0.29) is 11.0 Å². The molecule has 0 bridgehead atoms. The third kappa shape index (κ3) is 3.02. The molecule has 0 aliphatic heterocycles. The van der Waals surface area contributed by atoms with Crippen LogP contribution in [-0.2, 0) is 11.2 Å². The number of nitrogens with zero attached hydrogens (tertiary/aromatic N) is 5. The highest BCUT2D eigenvalue weighted by molar-refractivity contribution is 8.00. The van der Waals surface area contributed by atoms with E-state index in [9.17, 15) is 4.79 Å². The maximum atomic E-state index is 12.5. The molecule has 0 fully saturated rings. The highest BCUT2D eigenvalue weighted by Crippen LogP contribution is 2.29. The van der Waals surface area contributed by atoms with Crippen molar-refractivity contribution in [1.29, 1.82) is 0 Å². The van der Waals surface area contributed by atoms with Crippen LogP contribution in [0.15, 0.2) is 13.7 Å². The van der Waals surface area contributed by atoms with E-state index < -0.39 is 0 Å². The van der Waals surface area contributed by atoms with Crippen molar-refractivity contribution in [2.45, 2.75) is 50.1 Å². The van der Waals surface area contributed by atoms with Crippen LogP contribution in [-0.4, -0.2) is 25.0 Å². The van der Waals surface area contributed by atoms with E-state index in [1.54, 1.807) is 0 Å². The van der Waals surface area contributed by atoms with Crippen LogP contribution in [0, 0.1) is 13.8 Å². The van der Waals surface area contributed by atoms with Gasteiger partial charge < -0.3 is 4.52 Å². The third-order valence-electron chi connectivity index (χ3n) is 3.40. The van der Waals surface area contributed by atoms with Gasteiger partial charge in [-0.05, 0) is 13.8 Å². The number of aromatic nitrogens is 5. The van der Waals surface area contributed by atoms with Crippen LogP contribution in [0.3, 0.4) is 0 Å². The van der Waals surface area contributed by atoms with E-state index in [1.807, 2.05) is 34.6 Å². The Kier molecular flexibility index (Phi) is 4.01. The zero-order valence-electron chi connectivity index (χ0n) is 13.6. The number of thioether (sulfide) groups is 1. The van der Waals surface area contributed by atoms with Crippen LogP contribution in [0.2, 0.25) is 0 Å². The summed E-state index contributed by atoms with van der Waals surface area (Å²) in [6.45, 7) is 9.61. The first-order chi connectivity index (χ1) is 10.8. The lowest BCUT2D eigenvalue weighted by Gasteiger charge is -2.14. The van der Waals surface area contributed by atoms with Gasteiger partial charge in [-0.3, -0.25) is 4.79 Å². The minimum absolute atomic E-state index is 0.206. The van der Waals surface area contributed by atoms with Gasteiger partial charge >= 0.3 is 0 Å².